The summed E-state index contributed by atoms with van der Waals surface area (Å²) in [4.78, 5) is 5.84. The number of aryl methyl sites for hydroxylation is 1. The molecular weight excluding hydrogens is 458 g/mol. The Bertz CT molecular complexity index is 1400. The molecule has 0 spiro atoms. The molecule has 0 atom stereocenters. The van der Waals surface area contributed by atoms with Crippen LogP contribution in [0, 0.1) is 0 Å². The summed E-state index contributed by atoms with van der Waals surface area (Å²) in [5, 5.41) is 11.0. The molecule has 3 heterocycles. The molecule has 180 valence electrons. The van der Waals surface area contributed by atoms with Gasteiger partial charge in [-0.15, -0.1) is 28.1 Å². The summed E-state index contributed by atoms with van der Waals surface area (Å²) in [6, 6.07) is 14.2. The lowest BCUT2D eigenvalue weighted by atomic mass is 10.1. The highest BCUT2D eigenvalue weighted by atomic mass is 32.1. The van der Waals surface area contributed by atoms with Crippen LogP contribution in [-0.4, -0.2) is 33.6 Å². The number of aromatic nitrogens is 4. The molecule has 0 radical (unpaired) electrons. The molecule has 0 saturated carbocycles. The van der Waals surface area contributed by atoms with E-state index < -0.39 is 0 Å². The normalized spacial score (nSPS) is 13.8. The first-order valence-corrected chi connectivity index (χ1v) is 12.7. The zero-order valence-electron chi connectivity index (χ0n) is 20.1. The first kappa shape index (κ1) is 23.1. The van der Waals surface area contributed by atoms with Gasteiger partial charge in [0.1, 0.15) is 5.82 Å². The monoisotopic (exact) mass is 487 g/mol. The minimum Gasteiger partial charge on any atom is -0.493 e. The van der Waals surface area contributed by atoms with Crippen LogP contribution in [0.5, 0.6) is 11.5 Å². The van der Waals surface area contributed by atoms with E-state index in [2.05, 4.69) is 43.4 Å². The highest BCUT2D eigenvalue weighted by molar-refractivity contribution is 7.07. The van der Waals surface area contributed by atoms with Gasteiger partial charge in [0.05, 0.1) is 25.6 Å². The summed E-state index contributed by atoms with van der Waals surface area (Å²) in [5.74, 6) is 3.44. The van der Waals surface area contributed by atoms with Crippen LogP contribution in [0.2, 0.25) is 0 Å². The Morgan fingerprint density at radius 1 is 1.00 bits per heavy atom. The maximum absolute atomic E-state index is 5.50. The highest BCUT2D eigenvalue weighted by Crippen LogP contribution is 2.32. The Hall–Kier alpha value is -3.65. The standard InChI is InChI=1S/C27H29N5O2S/c1-4-15-31-22(20-11-14-23(33-2)24(17-20)34-3)18-35-27(31)28-21-12-9-19(10-13-21)26-30-29-25-8-6-5-7-16-32(25)26/h4,9-14,17-18H,1,5-8,15-16H2,2-3H3. The zero-order chi connectivity index (χ0) is 24.2. The second kappa shape index (κ2) is 10.3. The summed E-state index contributed by atoms with van der Waals surface area (Å²) in [7, 11) is 3.29. The molecule has 0 unspecified atom stereocenters. The lowest BCUT2D eigenvalue weighted by Crippen LogP contribution is -2.14. The lowest BCUT2D eigenvalue weighted by molar-refractivity contribution is 0.355. The number of allylic oxidation sites excluding steroid dienone is 1. The fourth-order valence-electron chi connectivity index (χ4n) is 4.44. The van der Waals surface area contributed by atoms with E-state index in [1.807, 2.05) is 36.4 Å². The summed E-state index contributed by atoms with van der Waals surface area (Å²) >= 11 is 1.60. The minimum atomic E-state index is 0.649. The predicted molar refractivity (Wildman–Crippen MR) is 139 cm³/mol. The molecule has 0 N–H and O–H groups in total. The number of benzene rings is 2. The van der Waals surface area contributed by atoms with Gasteiger partial charge in [0.2, 0.25) is 0 Å². The molecule has 2 aromatic heterocycles. The summed E-state index contributed by atoms with van der Waals surface area (Å²) in [5.41, 5.74) is 4.05. The molecule has 8 heteroatoms. The number of ether oxygens (including phenoxy) is 2. The van der Waals surface area contributed by atoms with Crippen LogP contribution >= 0.6 is 11.3 Å². The van der Waals surface area contributed by atoms with Crippen LogP contribution < -0.4 is 14.3 Å². The topological polar surface area (TPSA) is 66.5 Å². The third kappa shape index (κ3) is 4.66. The van der Waals surface area contributed by atoms with Crippen molar-refractivity contribution in [2.24, 2.45) is 4.99 Å². The molecule has 0 amide bonds. The van der Waals surface area contributed by atoms with Crippen LogP contribution in [0.1, 0.15) is 25.1 Å². The van der Waals surface area contributed by atoms with Gasteiger partial charge in [-0.1, -0.05) is 12.5 Å². The molecule has 5 rings (SSSR count). The van der Waals surface area contributed by atoms with Crippen molar-refractivity contribution in [1.29, 1.82) is 0 Å². The van der Waals surface area contributed by atoms with Crippen molar-refractivity contribution in [2.75, 3.05) is 14.2 Å². The van der Waals surface area contributed by atoms with Gasteiger partial charge in [-0.2, -0.15) is 0 Å². The van der Waals surface area contributed by atoms with Crippen LogP contribution in [0.3, 0.4) is 0 Å². The van der Waals surface area contributed by atoms with Crippen molar-refractivity contribution in [3.05, 3.63) is 71.1 Å². The summed E-state index contributed by atoms with van der Waals surface area (Å²) in [6.07, 6.45) is 6.50. The molecule has 1 aliphatic heterocycles. The molecule has 7 nitrogen and oxygen atoms in total. The van der Waals surface area contributed by atoms with Gasteiger partial charge in [-0.3, -0.25) is 0 Å². The largest absolute Gasteiger partial charge is 0.493 e. The number of hydrogen-bond acceptors (Lipinski definition) is 6. The van der Waals surface area contributed by atoms with Crippen LogP contribution in [0.25, 0.3) is 22.6 Å². The molecule has 1 aliphatic rings. The van der Waals surface area contributed by atoms with Crippen molar-refractivity contribution in [2.45, 2.75) is 38.8 Å². The highest BCUT2D eigenvalue weighted by Gasteiger charge is 2.16. The second-order valence-corrected chi connectivity index (χ2v) is 9.27. The average Bonchev–Trinajstić information content (AvgIpc) is 3.40. The van der Waals surface area contributed by atoms with E-state index in [9.17, 15) is 0 Å². The van der Waals surface area contributed by atoms with E-state index in [0.29, 0.717) is 18.0 Å². The number of nitrogens with zero attached hydrogens (tertiary/aromatic N) is 5. The number of rotatable bonds is 7. The van der Waals surface area contributed by atoms with E-state index >= 15 is 0 Å². The van der Waals surface area contributed by atoms with E-state index in [1.165, 1.54) is 19.3 Å². The van der Waals surface area contributed by atoms with Gasteiger partial charge >= 0.3 is 0 Å². The van der Waals surface area contributed by atoms with Crippen molar-refractivity contribution >= 4 is 17.0 Å². The molecule has 0 bridgehead atoms. The Balaban J connectivity index is 1.48. The van der Waals surface area contributed by atoms with Crippen molar-refractivity contribution in [3.8, 4) is 34.1 Å². The first-order chi connectivity index (χ1) is 17.2. The van der Waals surface area contributed by atoms with Crippen molar-refractivity contribution < 1.29 is 9.47 Å². The maximum atomic E-state index is 5.50. The van der Waals surface area contributed by atoms with Gasteiger partial charge in [0.15, 0.2) is 22.1 Å². The minimum absolute atomic E-state index is 0.649. The van der Waals surface area contributed by atoms with Gasteiger partial charge in [-0.05, 0) is 55.3 Å². The molecular formula is C27H29N5O2S. The van der Waals surface area contributed by atoms with Crippen molar-refractivity contribution in [3.63, 3.8) is 0 Å². The van der Waals surface area contributed by atoms with E-state index in [1.54, 1.807) is 25.6 Å². The second-order valence-electron chi connectivity index (χ2n) is 8.43. The Labute approximate surface area is 209 Å². The zero-order valence-corrected chi connectivity index (χ0v) is 20.9. The van der Waals surface area contributed by atoms with Gasteiger partial charge in [0, 0.05) is 36.0 Å². The van der Waals surface area contributed by atoms with E-state index in [4.69, 9.17) is 14.5 Å². The predicted octanol–water partition coefficient (Wildman–Crippen LogP) is 5.64. The Morgan fingerprint density at radius 3 is 2.57 bits per heavy atom. The number of hydrogen-bond donors (Lipinski definition) is 0. The van der Waals surface area contributed by atoms with Crippen LogP contribution in [0.4, 0.5) is 5.69 Å². The molecule has 2 aromatic carbocycles. The SMILES string of the molecule is C=CCn1c(-c2ccc(OC)c(OC)c2)csc1=Nc1ccc(-c2nnc3n2CCCCC3)cc1. The molecule has 0 saturated heterocycles. The fourth-order valence-corrected chi connectivity index (χ4v) is 5.38. The van der Waals surface area contributed by atoms with E-state index in [0.717, 1.165) is 51.9 Å². The van der Waals surface area contributed by atoms with Crippen LogP contribution in [-0.2, 0) is 19.5 Å². The number of thiazole rings is 1. The fraction of sp³-hybridized carbons (Fsp3) is 0.296. The molecule has 35 heavy (non-hydrogen) atoms. The van der Waals surface area contributed by atoms with Crippen LogP contribution in [0.15, 0.2) is 65.5 Å². The molecule has 0 aliphatic carbocycles. The third-order valence-corrected chi connectivity index (χ3v) is 7.11. The van der Waals surface area contributed by atoms with Crippen molar-refractivity contribution in [1.82, 2.24) is 19.3 Å². The van der Waals surface area contributed by atoms with Gasteiger partial charge in [-0.25, -0.2) is 4.99 Å². The Morgan fingerprint density at radius 2 is 1.80 bits per heavy atom. The van der Waals surface area contributed by atoms with E-state index in [-0.39, 0.29) is 0 Å². The summed E-state index contributed by atoms with van der Waals surface area (Å²) < 4.78 is 15.3. The quantitative estimate of drug-likeness (QED) is 0.317. The number of methoxy groups -OCH3 is 2. The first-order valence-electron chi connectivity index (χ1n) is 11.8. The van der Waals surface area contributed by atoms with Gasteiger partial charge < -0.3 is 18.6 Å². The molecule has 4 aromatic rings. The summed E-state index contributed by atoms with van der Waals surface area (Å²) in [6.45, 7) is 5.58. The third-order valence-electron chi connectivity index (χ3n) is 6.25. The smallest absolute Gasteiger partial charge is 0.190 e. The molecule has 0 fully saturated rings. The maximum Gasteiger partial charge on any atom is 0.190 e. The number of fused-ring (bicyclic) bond motifs is 1. The lowest BCUT2D eigenvalue weighted by Gasteiger charge is -2.11. The average molecular weight is 488 g/mol. The Kier molecular flexibility index (Phi) is 6.81. The van der Waals surface area contributed by atoms with Gasteiger partial charge in [0.25, 0.3) is 0 Å².